The van der Waals surface area contributed by atoms with Gasteiger partial charge in [0.15, 0.2) is 0 Å². The first-order valence-corrected chi connectivity index (χ1v) is 6.93. The van der Waals surface area contributed by atoms with Crippen molar-refractivity contribution >= 4 is 17.0 Å². The van der Waals surface area contributed by atoms with Crippen molar-refractivity contribution in [3.05, 3.63) is 62.3 Å². The van der Waals surface area contributed by atoms with E-state index in [4.69, 9.17) is 0 Å². The van der Waals surface area contributed by atoms with E-state index in [9.17, 15) is 10.1 Å². The van der Waals surface area contributed by atoms with Gasteiger partial charge in [0.05, 0.1) is 4.92 Å². The molecular weight excluding hydrogens is 260 g/mol. The van der Waals surface area contributed by atoms with E-state index in [2.05, 4.69) is 23.3 Å². The largest absolute Gasteiger partial charge is 0.295 e. The Labute approximate surface area is 116 Å². The minimum absolute atomic E-state index is 0.148. The van der Waals surface area contributed by atoms with Gasteiger partial charge in [0, 0.05) is 29.6 Å². The average molecular weight is 276 g/mol. The number of nitro benzene ring substituents is 1. The van der Waals surface area contributed by atoms with Crippen molar-refractivity contribution in [2.45, 2.75) is 19.5 Å². The van der Waals surface area contributed by atoms with Gasteiger partial charge >= 0.3 is 0 Å². The van der Waals surface area contributed by atoms with Crippen molar-refractivity contribution in [3.63, 3.8) is 0 Å². The van der Waals surface area contributed by atoms with E-state index < -0.39 is 0 Å². The van der Waals surface area contributed by atoms with Crippen LogP contribution >= 0.6 is 11.3 Å². The molecule has 19 heavy (non-hydrogen) atoms. The average Bonchev–Trinajstić information content (AvgIpc) is 2.92. The Morgan fingerprint density at radius 2 is 2.16 bits per heavy atom. The first-order chi connectivity index (χ1) is 9.08. The second-order valence-corrected chi connectivity index (χ2v) is 5.51. The second kappa shape index (κ2) is 5.95. The number of hydrogen-bond acceptors (Lipinski definition) is 4. The third-order valence-electron chi connectivity index (χ3n) is 3.17. The zero-order valence-electron chi connectivity index (χ0n) is 10.9. The van der Waals surface area contributed by atoms with E-state index in [1.807, 2.05) is 19.2 Å². The van der Waals surface area contributed by atoms with Crippen molar-refractivity contribution in [2.24, 2.45) is 0 Å². The van der Waals surface area contributed by atoms with Crippen LogP contribution in [0.4, 0.5) is 5.69 Å². The molecule has 5 heteroatoms. The number of nitro groups is 1. The molecule has 1 atom stereocenters. The van der Waals surface area contributed by atoms with E-state index in [-0.39, 0.29) is 10.6 Å². The van der Waals surface area contributed by atoms with Gasteiger partial charge in [0.2, 0.25) is 0 Å². The number of nitrogens with zero attached hydrogens (tertiary/aromatic N) is 2. The monoisotopic (exact) mass is 276 g/mol. The predicted octanol–water partition coefficient (Wildman–Crippen LogP) is 3.85. The number of benzene rings is 1. The molecule has 0 aliphatic rings. The van der Waals surface area contributed by atoms with Gasteiger partial charge in [-0.25, -0.2) is 0 Å². The van der Waals surface area contributed by atoms with Gasteiger partial charge in [0.1, 0.15) is 0 Å². The maximum absolute atomic E-state index is 10.8. The summed E-state index contributed by atoms with van der Waals surface area (Å²) in [6, 6.07) is 11.3. The van der Waals surface area contributed by atoms with E-state index in [1.54, 1.807) is 23.5 Å². The van der Waals surface area contributed by atoms with Crippen LogP contribution in [0.15, 0.2) is 41.8 Å². The molecule has 0 saturated carbocycles. The summed E-state index contributed by atoms with van der Waals surface area (Å²) >= 11 is 1.73. The molecule has 1 aromatic carbocycles. The summed E-state index contributed by atoms with van der Waals surface area (Å²) in [5.74, 6) is 0. The van der Waals surface area contributed by atoms with Crippen LogP contribution in [0.1, 0.15) is 23.4 Å². The highest BCUT2D eigenvalue weighted by molar-refractivity contribution is 7.10. The molecule has 100 valence electrons. The topological polar surface area (TPSA) is 46.4 Å². The normalized spacial score (nSPS) is 12.6. The number of hydrogen-bond donors (Lipinski definition) is 0. The van der Waals surface area contributed by atoms with E-state index >= 15 is 0 Å². The summed E-state index contributed by atoms with van der Waals surface area (Å²) in [5.41, 5.74) is 1.11. The molecular formula is C14H16N2O2S. The summed E-state index contributed by atoms with van der Waals surface area (Å²) in [4.78, 5) is 13.9. The third-order valence-corrected chi connectivity index (χ3v) is 4.21. The van der Waals surface area contributed by atoms with Crippen molar-refractivity contribution < 1.29 is 4.92 Å². The molecule has 1 unspecified atom stereocenters. The smallest absolute Gasteiger partial charge is 0.269 e. The summed E-state index contributed by atoms with van der Waals surface area (Å²) in [6.45, 7) is 2.84. The molecule has 2 rings (SSSR count). The fraction of sp³-hybridized carbons (Fsp3) is 0.286. The predicted molar refractivity (Wildman–Crippen MR) is 77.3 cm³/mol. The van der Waals surface area contributed by atoms with E-state index in [0.29, 0.717) is 12.6 Å². The number of thiophene rings is 1. The highest BCUT2D eigenvalue weighted by Crippen LogP contribution is 2.25. The molecule has 0 N–H and O–H groups in total. The lowest BCUT2D eigenvalue weighted by Gasteiger charge is -2.23. The molecule has 0 fully saturated rings. The molecule has 0 amide bonds. The molecule has 0 radical (unpaired) electrons. The molecule has 0 aliphatic heterocycles. The van der Waals surface area contributed by atoms with E-state index in [1.165, 1.54) is 10.9 Å². The SMILES string of the molecule is CC(c1cccs1)N(C)Cc1cccc([N+](=O)[O-])c1. The zero-order chi connectivity index (χ0) is 13.8. The van der Waals surface area contributed by atoms with Crippen molar-refractivity contribution in [3.8, 4) is 0 Å². The fourth-order valence-electron chi connectivity index (χ4n) is 1.94. The zero-order valence-corrected chi connectivity index (χ0v) is 11.8. The van der Waals surface area contributed by atoms with Crippen LogP contribution in [0, 0.1) is 10.1 Å². The van der Waals surface area contributed by atoms with Gasteiger partial charge in [-0.05, 0) is 31.0 Å². The van der Waals surface area contributed by atoms with Crippen molar-refractivity contribution in [2.75, 3.05) is 7.05 Å². The molecule has 0 spiro atoms. The Hall–Kier alpha value is -1.72. The quantitative estimate of drug-likeness (QED) is 0.615. The van der Waals surface area contributed by atoms with Crippen LogP contribution in [0.3, 0.4) is 0 Å². The Morgan fingerprint density at radius 3 is 2.79 bits per heavy atom. The lowest BCUT2D eigenvalue weighted by molar-refractivity contribution is -0.384. The lowest BCUT2D eigenvalue weighted by Crippen LogP contribution is -2.21. The van der Waals surface area contributed by atoms with Gasteiger partial charge in [-0.2, -0.15) is 0 Å². The standard InChI is InChI=1S/C14H16N2O2S/c1-11(14-7-4-8-19-14)15(2)10-12-5-3-6-13(9-12)16(17)18/h3-9,11H,10H2,1-2H3. The fourth-order valence-corrected chi connectivity index (χ4v) is 2.79. The minimum atomic E-state index is -0.355. The maximum Gasteiger partial charge on any atom is 0.269 e. The summed E-state index contributed by atoms with van der Waals surface area (Å²) < 4.78 is 0. The van der Waals surface area contributed by atoms with Crippen molar-refractivity contribution in [1.82, 2.24) is 4.90 Å². The first-order valence-electron chi connectivity index (χ1n) is 6.05. The van der Waals surface area contributed by atoms with Gasteiger partial charge in [-0.3, -0.25) is 15.0 Å². The first kappa shape index (κ1) is 13.7. The van der Waals surface area contributed by atoms with Crippen LogP contribution < -0.4 is 0 Å². The summed E-state index contributed by atoms with van der Waals surface area (Å²) in [7, 11) is 2.03. The molecule has 0 aliphatic carbocycles. The van der Waals surface area contributed by atoms with Gasteiger partial charge < -0.3 is 0 Å². The summed E-state index contributed by atoms with van der Waals surface area (Å²) in [6.07, 6.45) is 0. The minimum Gasteiger partial charge on any atom is -0.295 e. The summed E-state index contributed by atoms with van der Waals surface area (Å²) in [5, 5.41) is 12.8. The second-order valence-electron chi connectivity index (χ2n) is 4.53. The van der Waals surface area contributed by atoms with Crippen LogP contribution in [-0.4, -0.2) is 16.9 Å². The Morgan fingerprint density at radius 1 is 1.37 bits per heavy atom. The van der Waals surface area contributed by atoms with Crippen molar-refractivity contribution in [1.29, 1.82) is 0 Å². The molecule has 2 aromatic rings. The lowest BCUT2D eigenvalue weighted by atomic mass is 10.1. The Balaban J connectivity index is 2.08. The van der Waals surface area contributed by atoms with Crippen LogP contribution in [-0.2, 0) is 6.54 Å². The number of rotatable bonds is 5. The van der Waals surface area contributed by atoms with Crippen LogP contribution in [0.25, 0.3) is 0 Å². The highest BCUT2D eigenvalue weighted by Gasteiger charge is 2.14. The van der Waals surface area contributed by atoms with Gasteiger partial charge in [-0.1, -0.05) is 18.2 Å². The Bertz CT molecular complexity index is 554. The maximum atomic E-state index is 10.8. The van der Waals surface area contributed by atoms with E-state index in [0.717, 1.165) is 5.56 Å². The Kier molecular flexibility index (Phi) is 4.29. The highest BCUT2D eigenvalue weighted by atomic mass is 32.1. The van der Waals surface area contributed by atoms with Gasteiger partial charge in [0.25, 0.3) is 5.69 Å². The molecule has 4 nitrogen and oxygen atoms in total. The van der Waals surface area contributed by atoms with Crippen LogP contribution in [0.2, 0.25) is 0 Å². The third kappa shape index (κ3) is 3.39. The molecule has 0 bridgehead atoms. The van der Waals surface area contributed by atoms with Gasteiger partial charge in [-0.15, -0.1) is 11.3 Å². The molecule has 0 saturated heterocycles. The molecule has 1 heterocycles. The molecule has 1 aromatic heterocycles. The van der Waals surface area contributed by atoms with Crippen LogP contribution in [0.5, 0.6) is 0 Å². The number of non-ortho nitro benzene ring substituents is 1.